The monoisotopic (exact) mass is 317 g/mol. The van der Waals surface area contributed by atoms with Gasteiger partial charge in [-0.25, -0.2) is 0 Å². The Bertz CT molecular complexity index is 321. The quantitative estimate of drug-likeness (QED) is 0.711. The van der Waals surface area contributed by atoms with E-state index in [4.69, 9.17) is 4.74 Å². The van der Waals surface area contributed by atoms with Crippen LogP contribution in [0.5, 0.6) is 0 Å². The highest BCUT2D eigenvalue weighted by molar-refractivity contribution is 9.10. The normalized spacial score (nSPS) is 12.9. The van der Waals surface area contributed by atoms with E-state index in [1.54, 1.807) is 0 Å². The molecule has 0 aliphatic rings. The molecule has 0 saturated carbocycles. The zero-order chi connectivity index (χ0) is 13.4. The molecule has 1 N–H and O–H groups in total. The Balaban J connectivity index is 2.60. The fourth-order valence-corrected chi connectivity index (χ4v) is 2.54. The minimum atomic E-state index is 0.295. The van der Waals surface area contributed by atoms with Crippen molar-refractivity contribution in [3.8, 4) is 0 Å². The Morgan fingerprint density at radius 3 is 2.72 bits per heavy atom. The van der Waals surface area contributed by atoms with Crippen LogP contribution in [0.1, 0.15) is 44.8 Å². The van der Waals surface area contributed by atoms with Crippen molar-refractivity contribution in [3.63, 3.8) is 0 Å². The number of nitrogens with zero attached hydrogens (tertiary/aromatic N) is 2. The molecule has 1 aromatic heterocycles. The van der Waals surface area contributed by atoms with Crippen molar-refractivity contribution < 1.29 is 4.74 Å². The topological polar surface area (TPSA) is 39.1 Å². The van der Waals surface area contributed by atoms with Crippen molar-refractivity contribution in [1.29, 1.82) is 0 Å². The average molecular weight is 318 g/mol. The molecule has 5 heteroatoms. The number of rotatable bonds is 9. The Morgan fingerprint density at radius 2 is 2.17 bits per heavy atom. The van der Waals surface area contributed by atoms with Crippen LogP contribution in [0, 0.1) is 0 Å². The molecule has 0 aliphatic heterocycles. The van der Waals surface area contributed by atoms with Crippen molar-refractivity contribution in [2.24, 2.45) is 7.05 Å². The number of halogens is 1. The minimum absolute atomic E-state index is 0.295. The first kappa shape index (κ1) is 15.7. The molecule has 0 spiro atoms. The van der Waals surface area contributed by atoms with Gasteiger partial charge in [0.05, 0.1) is 22.4 Å². The molecule has 4 nitrogen and oxygen atoms in total. The van der Waals surface area contributed by atoms with E-state index in [0.717, 1.165) is 43.5 Å². The Morgan fingerprint density at radius 1 is 1.39 bits per heavy atom. The molecule has 0 bridgehead atoms. The molecule has 0 radical (unpaired) electrons. The van der Waals surface area contributed by atoms with Crippen molar-refractivity contribution in [1.82, 2.24) is 15.1 Å². The van der Waals surface area contributed by atoms with Gasteiger partial charge in [0, 0.05) is 20.3 Å². The van der Waals surface area contributed by atoms with Gasteiger partial charge in [0.2, 0.25) is 0 Å². The maximum atomic E-state index is 5.59. The molecule has 0 fully saturated rings. The third-order valence-corrected chi connectivity index (χ3v) is 3.42. The second-order valence-electron chi connectivity index (χ2n) is 4.41. The molecule has 0 saturated heterocycles. The Hall–Kier alpha value is -0.390. The summed E-state index contributed by atoms with van der Waals surface area (Å²) in [4.78, 5) is 0. The summed E-state index contributed by atoms with van der Waals surface area (Å²) in [7, 11) is 1.98. The lowest BCUT2D eigenvalue weighted by molar-refractivity contribution is 0.123. The van der Waals surface area contributed by atoms with E-state index in [1.807, 2.05) is 17.9 Å². The largest absolute Gasteiger partial charge is 0.381 e. The molecule has 0 aliphatic carbocycles. The van der Waals surface area contributed by atoms with E-state index in [0.29, 0.717) is 6.04 Å². The van der Waals surface area contributed by atoms with Crippen LogP contribution in [-0.2, 0) is 11.8 Å². The number of ether oxygens (including phenoxy) is 1. The molecule has 1 unspecified atom stereocenters. The van der Waals surface area contributed by atoms with Gasteiger partial charge in [-0.15, -0.1) is 0 Å². The Labute approximate surface area is 118 Å². The van der Waals surface area contributed by atoms with Crippen molar-refractivity contribution in [2.75, 3.05) is 19.8 Å². The molecular formula is C13H24BrN3O. The van der Waals surface area contributed by atoms with Crippen LogP contribution >= 0.6 is 15.9 Å². The molecule has 1 heterocycles. The fraction of sp³-hybridized carbons (Fsp3) is 0.769. The summed E-state index contributed by atoms with van der Waals surface area (Å²) in [6.45, 7) is 6.94. The molecular weight excluding hydrogens is 294 g/mol. The summed E-state index contributed by atoms with van der Waals surface area (Å²) < 4.78 is 8.58. The van der Waals surface area contributed by atoms with Gasteiger partial charge in [0.1, 0.15) is 0 Å². The van der Waals surface area contributed by atoms with Crippen LogP contribution in [0.15, 0.2) is 10.7 Å². The van der Waals surface area contributed by atoms with Gasteiger partial charge in [0.15, 0.2) is 0 Å². The van der Waals surface area contributed by atoms with Crippen LogP contribution in [0.2, 0.25) is 0 Å². The van der Waals surface area contributed by atoms with Gasteiger partial charge >= 0.3 is 0 Å². The van der Waals surface area contributed by atoms with E-state index in [1.165, 1.54) is 5.69 Å². The summed E-state index contributed by atoms with van der Waals surface area (Å²) in [5.74, 6) is 0. The number of hydrogen-bond acceptors (Lipinski definition) is 3. The van der Waals surface area contributed by atoms with Crippen LogP contribution in [0.4, 0.5) is 0 Å². The molecule has 1 aromatic rings. The van der Waals surface area contributed by atoms with Crippen LogP contribution < -0.4 is 5.32 Å². The standard InChI is InChI=1S/C13H24BrN3O/c1-4-7-15-12(6-9-18-8-5-2)13-11(14)10-16-17(13)3/h10,12,15H,4-9H2,1-3H3. The third-order valence-electron chi connectivity index (χ3n) is 2.81. The van der Waals surface area contributed by atoms with Crippen LogP contribution in [-0.4, -0.2) is 29.5 Å². The Kier molecular flexibility index (Phi) is 7.54. The second-order valence-corrected chi connectivity index (χ2v) is 5.26. The first-order valence-corrected chi connectivity index (χ1v) is 7.48. The molecule has 18 heavy (non-hydrogen) atoms. The third kappa shape index (κ3) is 4.71. The van der Waals surface area contributed by atoms with Gasteiger partial charge in [-0.3, -0.25) is 4.68 Å². The molecule has 1 rings (SSSR count). The van der Waals surface area contributed by atoms with Crippen molar-refractivity contribution in [3.05, 3.63) is 16.4 Å². The van der Waals surface area contributed by atoms with E-state index >= 15 is 0 Å². The SMILES string of the molecule is CCCNC(CCOCCC)c1c(Br)cnn1C. The highest BCUT2D eigenvalue weighted by atomic mass is 79.9. The van der Waals surface area contributed by atoms with Gasteiger partial charge < -0.3 is 10.1 Å². The van der Waals surface area contributed by atoms with Gasteiger partial charge in [0.25, 0.3) is 0 Å². The van der Waals surface area contributed by atoms with E-state index < -0.39 is 0 Å². The lowest BCUT2D eigenvalue weighted by atomic mass is 10.1. The summed E-state index contributed by atoms with van der Waals surface area (Å²) in [6.07, 6.45) is 5.02. The smallest absolute Gasteiger partial charge is 0.0693 e. The first-order valence-electron chi connectivity index (χ1n) is 6.69. The first-order chi connectivity index (χ1) is 8.70. The molecule has 1 atom stereocenters. The number of aryl methyl sites for hydroxylation is 1. The second kappa shape index (κ2) is 8.67. The van der Waals surface area contributed by atoms with E-state index in [-0.39, 0.29) is 0 Å². The fourth-order valence-electron chi connectivity index (χ4n) is 1.91. The lowest BCUT2D eigenvalue weighted by Gasteiger charge is -2.19. The molecule has 0 aromatic carbocycles. The van der Waals surface area contributed by atoms with Crippen molar-refractivity contribution >= 4 is 15.9 Å². The predicted molar refractivity (Wildman–Crippen MR) is 77.7 cm³/mol. The van der Waals surface area contributed by atoms with Crippen molar-refractivity contribution in [2.45, 2.75) is 39.2 Å². The van der Waals surface area contributed by atoms with Crippen LogP contribution in [0.25, 0.3) is 0 Å². The molecule has 0 amide bonds. The summed E-state index contributed by atoms with van der Waals surface area (Å²) >= 11 is 3.57. The van der Waals surface area contributed by atoms with E-state index in [2.05, 4.69) is 40.2 Å². The zero-order valence-corrected chi connectivity index (χ0v) is 13.2. The maximum Gasteiger partial charge on any atom is 0.0693 e. The van der Waals surface area contributed by atoms with Crippen LogP contribution in [0.3, 0.4) is 0 Å². The predicted octanol–water partition coefficient (Wildman–Crippen LogP) is 3.04. The van der Waals surface area contributed by atoms with E-state index in [9.17, 15) is 0 Å². The minimum Gasteiger partial charge on any atom is -0.381 e. The summed E-state index contributed by atoms with van der Waals surface area (Å²) in [6, 6.07) is 0.295. The summed E-state index contributed by atoms with van der Waals surface area (Å²) in [5, 5.41) is 7.84. The highest BCUT2D eigenvalue weighted by Crippen LogP contribution is 2.25. The zero-order valence-electron chi connectivity index (χ0n) is 11.6. The van der Waals surface area contributed by atoms with Gasteiger partial charge in [-0.05, 0) is 41.7 Å². The maximum absolute atomic E-state index is 5.59. The average Bonchev–Trinajstić information content (AvgIpc) is 2.69. The molecule has 104 valence electrons. The number of aromatic nitrogens is 2. The van der Waals surface area contributed by atoms with Gasteiger partial charge in [-0.2, -0.15) is 5.10 Å². The number of nitrogens with one attached hydrogen (secondary N) is 1. The summed E-state index contributed by atoms with van der Waals surface area (Å²) in [5.41, 5.74) is 1.20. The lowest BCUT2D eigenvalue weighted by Crippen LogP contribution is -2.26. The highest BCUT2D eigenvalue weighted by Gasteiger charge is 2.17. The number of hydrogen-bond donors (Lipinski definition) is 1. The van der Waals surface area contributed by atoms with Gasteiger partial charge in [-0.1, -0.05) is 13.8 Å².